The summed E-state index contributed by atoms with van der Waals surface area (Å²) in [6, 6.07) is 8.30. The Bertz CT molecular complexity index is 731. The van der Waals surface area contributed by atoms with Crippen LogP contribution < -0.4 is 0 Å². The van der Waals surface area contributed by atoms with Crippen molar-refractivity contribution in [1.82, 2.24) is 9.29 Å². The molecular formula is C13H11BrCl2N2O2S. The van der Waals surface area contributed by atoms with Gasteiger partial charge in [0.25, 0.3) is 0 Å². The molecule has 0 atom stereocenters. The van der Waals surface area contributed by atoms with E-state index in [0.717, 1.165) is 4.31 Å². The van der Waals surface area contributed by atoms with Gasteiger partial charge in [-0.15, -0.1) is 0 Å². The van der Waals surface area contributed by atoms with Gasteiger partial charge in [0.15, 0.2) is 0 Å². The first-order chi connectivity index (χ1) is 9.82. The Morgan fingerprint density at radius 3 is 2.38 bits per heavy atom. The van der Waals surface area contributed by atoms with E-state index in [-0.39, 0.29) is 21.5 Å². The molecule has 0 radical (unpaired) electrons. The normalized spacial score (nSPS) is 11.9. The lowest BCUT2D eigenvalue weighted by molar-refractivity contribution is 0.462. The van der Waals surface area contributed by atoms with Crippen molar-refractivity contribution < 1.29 is 8.42 Å². The third kappa shape index (κ3) is 3.76. The summed E-state index contributed by atoms with van der Waals surface area (Å²) in [5.41, 5.74) is 0.632. The van der Waals surface area contributed by atoms with Crippen molar-refractivity contribution in [2.75, 3.05) is 7.05 Å². The third-order valence-corrected chi connectivity index (χ3v) is 5.93. The predicted octanol–water partition coefficient (Wildman–Crippen LogP) is 3.97. The number of aromatic nitrogens is 1. The maximum Gasteiger partial charge on any atom is 0.246 e. The van der Waals surface area contributed by atoms with Gasteiger partial charge in [-0.3, -0.25) is 4.98 Å². The van der Waals surface area contributed by atoms with Crippen molar-refractivity contribution in [2.45, 2.75) is 11.4 Å². The second-order valence-electron chi connectivity index (χ2n) is 4.28. The number of halogens is 3. The van der Waals surface area contributed by atoms with Gasteiger partial charge < -0.3 is 0 Å². The Hall–Kier alpha value is -0.660. The molecule has 0 aliphatic rings. The topological polar surface area (TPSA) is 50.3 Å². The van der Waals surface area contributed by atoms with Crippen molar-refractivity contribution >= 4 is 49.2 Å². The first-order valence-electron chi connectivity index (χ1n) is 5.83. The molecule has 0 bridgehead atoms. The number of sulfonamides is 1. The smallest absolute Gasteiger partial charge is 0.246 e. The van der Waals surface area contributed by atoms with E-state index < -0.39 is 10.0 Å². The average molecular weight is 410 g/mol. The van der Waals surface area contributed by atoms with E-state index in [1.54, 1.807) is 24.4 Å². The molecule has 1 heterocycles. The van der Waals surface area contributed by atoms with Crippen LogP contribution in [0.5, 0.6) is 0 Å². The Morgan fingerprint density at radius 2 is 1.86 bits per heavy atom. The number of benzene rings is 1. The van der Waals surface area contributed by atoms with Gasteiger partial charge in [-0.2, -0.15) is 4.31 Å². The highest BCUT2D eigenvalue weighted by molar-refractivity contribution is 9.10. The quantitative estimate of drug-likeness (QED) is 0.767. The minimum absolute atomic E-state index is 0.0715. The van der Waals surface area contributed by atoms with E-state index in [0.29, 0.717) is 10.2 Å². The lowest BCUT2D eigenvalue weighted by Crippen LogP contribution is -2.27. The number of hydrogen-bond donors (Lipinski definition) is 0. The van der Waals surface area contributed by atoms with Crippen LogP contribution in [-0.2, 0) is 16.6 Å². The van der Waals surface area contributed by atoms with Gasteiger partial charge in [0.05, 0.1) is 22.3 Å². The fraction of sp³-hybridized carbons (Fsp3) is 0.154. The molecule has 0 aliphatic carbocycles. The van der Waals surface area contributed by atoms with E-state index in [1.165, 1.54) is 19.2 Å². The Labute approximate surface area is 141 Å². The summed E-state index contributed by atoms with van der Waals surface area (Å²) in [4.78, 5) is 4.00. The monoisotopic (exact) mass is 408 g/mol. The fourth-order valence-electron chi connectivity index (χ4n) is 1.74. The summed E-state index contributed by atoms with van der Waals surface area (Å²) >= 11 is 15.3. The van der Waals surface area contributed by atoms with Gasteiger partial charge in [0.2, 0.25) is 10.0 Å². The van der Waals surface area contributed by atoms with Crippen molar-refractivity contribution in [2.24, 2.45) is 0 Å². The van der Waals surface area contributed by atoms with Gasteiger partial charge in [0.1, 0.15) is 4.90 Å². The van der Waals surface area contributed by atoms with Crippen LogP contribution in [0.25, 0.3) is 0 Å². The van der Waals surface area contributed by atoms with Crippen LogP contribution in [-0.4, -0.2) is 24.8 Å². The second kappa shape index (κ2) is 6.62. The maximum absolute atomic E-state index is 12.6. The zero-order valence-electron chi connectivity index (χ0n) is 10.9. The van der Waals surface area contributed by atoms with Gasteiger partial charge in [-0.05, 0) is 24.3 Å². The van der Waals surface area contributed by atoms with Crippen LogP contribution in [0.15, 0.2) is 45.9 Å². The largest absolute Gasteiger partial charge is 0.260 e. The molecule has 2 aromatic rings. The highest BCUT2D eigenvalue weighted by Gasteiger charge is 2.27. The molecule has 0 N–H and O–H groups in total. The maximum atomic E-state index is 12.6. The standard InChI is InChI=1S/C13H11BrCl2N2O2S/c1-18(8-10-4-2-3-5-17-10)21(19,20)13-11(15)6-9(14)7-12(13)16/h2-7H,8H2,1H3. The SMILES string of the molecule is CN(Cc1ccccn1)S(=O)(=O)c1c(Cl)cc(Br)cc1Cl. The summed E-state index contributed by atoms with van der Waals surface area (Å²) in [6.07, 6.45) is 1.61. The molecule has 2 rings (SSSR count). The van der Waals surface area contributed by atoms with Crippen LogP contribution in [0, 0.1) is 0 Å². The molecule has 0 spiro atoms. The van der Waals surface area contributed by atoms with Crippen molar-refractivity contribution in [3.8, 4) is 0 Å². The third-order valence-electron chi connectivity index (χ3n) is 2.74. The highest BCUT2D eigenvalue weighted by Crippen LogP contribution is 2.34. The first kappa shape index (κ1) is 16.7. The molecule has 0 saturated heterocycles. The van der Waals surface area contributed by atoms with E-state index >= 15 is 0 Å². The lowest BCUT2D eigenvalue weighted by atomic mass is 10.3. The molecule has 8 heteroatoms. The molecule has 0 amide bonds. The summed E-state index contributed by atoms with van der Waals surface area (Å²) < 4.78 is 27.0. The number of pyridine rings is 1. The van der Waals surface area contributed by atoms with Gasteiger partial charge >= 0.3 is 0 Å². The number of rotatable bonds is 4. The van der Waals surface area contributed by atoms with Crippen molar-refractivity contribution in [3.63, 3.8) is 0 Å². The first-order valence-corrected chi connectivity index (χ1v) is 8.82. The van der Waals surface area contributed by atoms with E-state index in [2.05, 4.69) is 20.9 Å². The van der Waals surface area contributed by atoms with Crippen LogP contribution >= 0.6 is 39.1 Å². The van der Waals surface area contributed by atoms with Crippen LogP contribution in [0.4, 0.5) is 0 Å². The van der Waals surface area contributed by atoms with E-state index in [4.69, 9.17) is 23.2 Å². The molecular weight excluding hydrogens is 399 g/mol. The molecule has 0 unspecified atom stereocenters. The Kier molecular flexibility index (Phi) is 5.27. The lowest BCUT2D eigenvalue weighted by Gasteiger charge is -2.18. The Balaban J connectivity index is 2.38. The Morgan fingerprint density at radius 1 is 1.24 bits per heavy atom. The molecule has 1 aromatic heterocycles. The van der Waals surface area contributed by atoms with Gasteiger partial charge in [-0.1, -0.05) is 45.2 Å². The van der Waals surface area contributed by atoms with E-state index in [9.17, 15) is 8.42 Å². The predicted molar refractivity (Wildman–Crippen MR) is 87.1 cm³/mol. The van der Waals surface area contributed by atoms with Crippen LogP contribution in [0.1, 0.15) is 5.69 Å². The summed E-state index contributed by atoms with van der Waals surface area (Å²) in [6.45, 7) is 0.131. The minimum Gasteiger partial charge on any atom is -0.260 e. The number of nitrogens with zero attached hydrogens (tertiary/aromatic N) is 2. The summed E-state index contributed by atoms with van der Waals surface area (Å²) in [7, 11) is -2.35. The molecule has 1 aromatic carbocycles. The number of hydrogen-bond acceptors (Lipinski definition) is 3. The second-order valence-corrected chi connectivity index (χ2v) is 7.99. The van der Waals surface area contributed by atoms with Gasteiger partial charge in [0, 0.05) is 17.7 Å². The van der Waals surface area contributed by atoms with Crippen molar-refractivity contribution in [1.29, 1.82) is 0 Å². The van der Waals surface area contributed by atoms with Gasteiger partial charge in [-0.25, -0.2) is 8.42 Å². The van der Waals surface area contributed by atoms with E-state index in [1.807, 2.05) is 0 Å². The molecule has 21 heavy (non-hydrogen) atoms. The molecule has 0 aliphatic heterocycles. The summed E-state index contributed by atoms with van der Waals surface area (Å²) in [5.74, 6) is 0. The summed E-state index contributed by atoms with van der Waals surface area (Å²) in [5, 5.41) is 0.143. The zero-order valence-corrected chi connectivity index (χ0v) is 14.8. The zero-order chi connectivity index (χ0) is 15.6. The van der Waals surface area contributed by atoms with Crippen LogP contribution in [0.2, 0.25) is 10.0 Å². The fourth-order valence-corrected chi connectivity index (χ4v) is 4.75. The molecule has 4 nitrogen and oxygen atoms in total. The minimum atomic E-state index is -3.81. The van der Waals surface area contributed by atoms with Crippen LogP contribution in [0.3, 0.4) is 0 Å². The highest BCUT2D eigenvalue weighted by atomic mass is 79.9. The average Bonchev–Trinajstić information content (AvgIpc) is 2.38. The molecule has 112 valence electrons. The van der Waals surface area contributed by atoms with Crippen molar-refractivity contribution in [3.05, 3.63) is 56.7 Å². The molecule has 0 saturated carbocycles. The molecule has 0 fully saturated rings.